The molecular weight excluding hydrogens is 192 g/mol. The van der Waals surface area contributed by atoms with E-state index in [1.54, 1.807) is 22.9 Å². The van der Waals surface area contributed by atoms with E-state index in [1.807, 2.05) is 0 Å². The number of nitrogens with zero attached hydrogens (tertiary/aromatic N) is 1. The average Bonchev–Trinajstić information content (AvgIpc) is 2.72. The van der Waals surface area contributed by atoms with Gasteiger partial charge < -0.3 is 15.0 Å². The number of fused-ring (bicyclic) bond motifs is 1. The van der Waals surface area contributed by atoms with Gasteiger partial charge in [0.05, 0.1) is 24.4 Å². The van der Waals surface area contributed by atoms with Crippen molar-refractivity contribution >= 4 is 5.69 Å². The summed E-state index contributed by atoms with van der Waals surface area (Å²) >= 11 is 0. The van der Waals surface area contributed by atoms with Gasteiger partial charge >= 0.3 is 0 Å². The summed E-state index contributed by atoms with van der Waals surface area (Å²) in [5.74, 6) is 0.724. The third-order valence-electron chi connectivity index (χ3n) is 3.45. The van der Waals surface area contributed by atoms with E-state index in [4.69, 9.17) is 10.5 Å². The highest BCUT2D eigenvalue weighted by atomic mass is 16.5. The van der Waals surface area contributed by atoms with Gasteiger partial charge in [0.1, 0.15) is 0 Å². The maximum atomic E-state index is 11.7. The van der Waals surface area contributed by atoms with Gasteiger partial charge in [-0.2, -0.15) is 0 Å². The molecule has 0 spiro atoms. The summed E-state index contributed by atoms with van der Waals surface area (Å²) in [6, 6.07) is 3.44. The van der Waals surface area contributed by atoms with Gasteiger partial charge in [-0.3, -0.25) is 4.79 Å². The van der Waals surface area contributed by atoms with Crippen LogP contribution in [-0.2, 0) is 11.3 Å². The van der Waals surface area contributed by atoms with Crippen molar-refractivity contribution < 1.29 is 4.74 Å². The van der Waals surface area contributed by atoms with Crippen LogP contribution in [0.4, 0.5) is 5.69 Å². The second-order valence-electron chi connectivity index (χ2n) is 4.66. The van der Waals surface area contributed by atoms with E-state index in [2.05, 4.69) is 0 Å². The van der Waals surface area contributed by atoms with Crippen LogP contribution in [0.25, 0.3) is 0 Å². The van der Waals surface area contributed by atoms with Gasteiger partial charge in [-0.1, -0.05) is 0 Å². The molecule has 0 radical (unpaired) electrons. The molecule has 0 amide bonds. The molecule has 4 heteroatoms. The molecular formula is C11H14N2O2. The Morgan fingerprint density at radius 2 is 2.40 bits per heavy atom. The topological polar surface area (TPSA) is 57.2 Å². The van der Waals surface area contributed by atoms with Crippen LogP contribution in [0.1, 0.15) is 12.8 Å². The number of pyridine rings is 1. The van der Waals surface area contributed by atoms with E-state index < -0.39 is 0 Å². The van der Waals surface area contributed by atoms with Gasteiger partial charge in [0.2, 0.25) is 0 Å². The predicted molar refractivity (Wildman–Crippen MR) is 56.5 cm³/mol. The summed E-state index contributed by atoms with van der Waals surface area (Å²) < 4.78 is 7.38. The first-order valence-corrected chi connectivity index (χ1v) is 5.27. The van der Waals surface area contributed by atoms with Gasteiger partial charge in [-0.05, 0) is 30.9 Å². The fourth-order valence-electron chi connectivity index (χ4n) is 2.69. The Bertz CT molecular complexity index is 441. The maximum absolute atomic E-state index is 11.7. The van der Waals surface area contributed by atoms with Crippen LogP contribution in [0.2, 0.25) is 0 Å². The molecule has 4 rings (SSSR count). The number of hydrogen-bond acceptors (Lipinski definition) is 3. The molecule has 0 unspecified atom stereocenters. The number of rotatable bonds is 2. The first-order chi connectivity index (χ1) is 7.19. The third kappa shape index (κ3) is 1.28. The molecule has 1 aromatic heterocycles. The molecule has 3 aliphatic rings. The molecule has 15 heavy (non-hydrogen) atoms. The molecule has 0 atom stereocenters. The van der Waals surface area contributed by atoms with Crippen LogP contribution in [0.5, 0.6) is 0 Å². The first kappa shape index (κ1) is 8.97. The van der Waals surface area contributed by atoms with Crippen LogP contribution in [0.15, 0.2) is 23.1 Å². The third-order valence-corrected chi connectivity index (χ3v) is 3.45. The Kier molecular flexibility index (Phi) is 1.71. The van der Waals surface area contributed by atoms with E-state index in [0.717, 1.165) is 25.4 Å². The zero-order chi connectivity index (χ0) is 10.5. The van der Waals surface area contributed by atoms with Crippen LogP contribution in [0, 0.1) is 5.92 Å². The van der Waals surface area contributed by atoms with E-state index in [0.29, 0.717) is 12.2 Å². The van der Waals surface area contributed by atoms with Crippen LogP contribution in [0.3, 0.4) is 0 Å². The SMILES string of the molecule is Nc1cccn(CC23CC(CO2)C3)c1=O. The summed E-state index contributed by atoms with van der Waals surface area (Å²) in [6.45, 7) is 1.50. The molecule has 1 aliphatic carbocycles. The molecule has 80 valence electrons. The number of nitrogen functional groups attached to an aromatic ring is 1. The smallest absolute Gasteiger partial charge is 0.273 e. The molecule has 2 saturated heterocycles. The van der Waals surface area contributed by atoms with Crippen molar-refractivity contribution in [1.29, 1.82) is 0 Å². The molecule has 2 N–H and O–H groups in total. The normalized spacial score (nSPS) is 32.7. The van der Waals surface area contributed by atoms with Gasteiger partial charge in [0.15, 0.2) is 0 Å². The Morgan fingerprint density at radius 3 is 3.07 bits per heavy atom. The van der Waals surface area contributed by atoms with Crippen molar-refractivity contribution in [1.82, 2.24) is 4.57 Å². The molecule has 0 aromatic carbocycles. The van der Waals surface area contributed by atoms with Crippen molar-refractivity contribution in [3.8, 4) is 0 Å². The summed E-state index contributed by atoms with van der Waals surface area (Å²) in [4.78, 5) is 11.7. The van der Waals surface area contributed by atoms with Gasteiger partial charge in [-0.15, -0.1) is 0 Å². The van der Waals surface area contributed by atoms with Crippen molar-refractivity contribution in [2.45, 2.75) is 25.0 Å². The Balaban J connectivity index is 1.88. The van der Waals surface area contributed by atoms with Crippen molar-refractivity contribution in [3.63, 3.8) is 0 Å². The lowest BCUT2D eigenvalue weighted by molar-refractivity contribution is -0.0143. The standard InChI is InChI=1S/C11H14N2O2/c12-9-2-1-3-13(10(9)14)7-11-4-8(5-11)6-15-11/h1-3,8H,4-7,12H2. The fourth-order valence-corrected chi connectivity index (χ4v) is 2.69. The van der Waals surface area contributed by atoms with Crippen molar-refractivity contribution in [2.24, 2.45) is 5.92 Å². The largest absolute Gasteiger partial charge is 0.394 e. The predicted octanol–water partition coefficient (Wildman–Crippen LogP) is 0.609. The summed E-state index contributed by atoms with van der Waals surface area (Å²) in [5, 5.41) is 0. The number of aromatic nitrogens is 1. The second-order valence-corrected chi connectivity index (χ2v) is 4.66. The van der Waals surface area contributed by atoms with Gasteiger partial charge in [0, 0.05) is 6.20 Å². The lowest BCUT2D eigenvalue weighted by Gasteiger charge is -2.36. The van der Waals surface area contributed by atoms with Crippen molar-refractivity contribution in [2.75, 3.05) is 12.3 Å². The molecule has 3 heterocycles. The van der Waals surface area contributed by atoms with E-state index >= 15 is 0 Å². The highest BCUT2D eigenvalue weighted by Gasteiger charge is 2.52. The Hall–Kier alpha value is -1.29. The minimum absolute atomic E-state index is 0.0672. The zero-order valence-corrected chi connectivity index (χ0v) is 8.48. The Morgan fingerprint density at radius 1 is 1.60 bits per heavy atom. The summed E-state index contributed by atoms with van der Waals surface area (Å²) in [5.41, 5.74) is 5.71. The highest BCUT2D eigenvalue weighted by molar-refractivity contribution is 5.33. The molecule has 4 nitrogen and oxygen atoms in total. The molecule has 2 aliphatic heterocycles. The maximum Gasteiger partial charge on any atom is 0.273 e. The zero-order valence-electron chi connectivity index (χ0n) is 8.48. The second kappa shape index (κ2) is 2.85. The lowest BCUT2D eigenvalue weighted by atomic mass is 9.74. The minimum Gasteiger partial charge on any atom is -0.394 e. The van der Waals surface area contributed by atoms with E-state index in [1.165, 1.54) is 0 Å². The van der Waals surface area contributed by atoms with Crippen LogP contribution < -0.4 is 11.3 Å². The fraction of sp³-hybridized carbons (Fsp3) is 0.545. The number of hydrogen-bond donors (Lipinski definition) is 1. The monoisotopic (exact) mass is 206 g/mol. The number of ether oxygens (including phenoxy) is 1. The quantitative estimate of drug-likeness (QED) is 0.771. The molecule has 1 saturated carbocycles. The van der Waals surface area contributed by atoms with E-state index in [9.17, 15) is 4.79 Å². The molecule has 2 bridgehead atoms. The van der Waals surface area contributed by atoms with Crippen molar-refractivity contribution in [3.05, 3.63) is 28.7 Å². The average molecular weight is 206 g/mol. The van der Waals surface area contributed by atoms with Gasteiger partial charge in [-0.25, -0.2) is 0 Å². The van der Waals surface area contributed by atoms with Gasteiger partial charge in [0.25, 0.3) is 5.56 Å². The summed E-state index contributed by atoms with van der Waals surface area (Å²) in [6.07, 6.45) is 3.96. The van der Waals surface area contributed by atoms with E-state index in [-0.39, 0.29) is 11.2 Å². The van der Waals surface area contributed by atoms with Crippen LogP contribution in [-0.4, -0.2) is 16.8 Å². The highest BCUT2D eigenvalue weighted by Crippen LogP contribution is 2.48. The lowest BCUT2D eigenvalue weighted by Crippen LogP contribution is -2.43. The summed E-state index contributed by atoms with van der Waals surface area (Å²) in [7, 11) is 0. The minimum atomic E-state index is -0.106. The molecule has 1 aromatic rings. The Labute approximate surface area is 87.7 Å². The first-order valence-electron chi connectivity index (χ1n) is 5.27. The number of nitrogens with two attached hydrogens (primary N) is 1. The van der Waals surface area contributed by atoms with Crippen LogP contribution >= 0.6 is 0 Å². The molecule has 3 fully saturated rings. The number of anilines is 1.